The van der Waals surface area contributed by atoms with Crippen LogP contribution in [0.25, 0.3) is 11.1 Å². The van der Waals surface area contributed by atoms with E-state index in [0.29, 0.717) is 12.1 Å². The second-order valence-corrected chi connectivity index (χ2v) is 15.9. The number of ether oxygens (including phenoxy) is 1. The summed E-state index contributed by atoms with van der Waals surface area (Å²) in [4.78, 5) is 40.2. The summed E-state index contributed by atoms with van der Waals surface area (Å²) >= 11 is 0. The van der Waals surface area contributed by atoms with Crippen molar-refractivity contribution in [2.45, 2.75) is 79.4 Å². The molecule has 4 N–H and O–H groups in total. The van der Waals surface area contributed by atoms with E-state index in [4.69, 9.17) is 9.72 Å². The number of piperidine rings is 1. The molecule has 0 aliphatic carbocycles. The number of aryl methyl sites for hydroxylation is 1. The predicted molar refractivity (Wildman–Crippen MR) is 202 cm³/mol. The molecule has 2 aromatic heterocycles. The first kappa shape index (κ1) is 37.0. The van der Waals surface area contributed by atoms with Gasteiger partial charge in [-0.2, -0.15) is 0 Å². The number of hydrogen-bond donors (Lipinski definition) is 4. The lowest BCUT2D eigenvalue weighted by molar-refractivity contribution is -0.118. The maximum Gasteiger partial charge on any atom is 0.408 e. The van der Waals surface area contributed by atoms with Gasteiger partial charge in [-0.05, 0) is 124 Å². The van der Waals surface area contributed by atoms with Crippen molar-refractivity contribution in [3.8, 4) is 11.1 Å². The predicted octanol–water partition coefficient (Wildman–Crippen LogP) is 6.59. The van der Waals surface area contributed by atoms with Crippen molar-refractivity contribution in [1.82, 2.24) is 25.5 Å². The van der Waals surface area contributed by atoms with Crippen LogP contribution >= 0.6 is 0 Å². The number of carbonyl (C=O) groups excluding carboxylic acids is 2. The molecule has 0 radical (unpaired) electrons. The molecule has 2 aliphatic rings. The SMILES string of the molecule is Cc1cc(NC(=O)[C@@H](CC(C)(C)C)NC(=O)OC(C)(C)C)ccc1-c1ccnc(Nc2ccc(N3CCN(CC4CCNCC4)CC3)nc2)c1. The molecular weight excluding hydrogens is 628 g/mol. The Labute approximate surface area is 298 Å². The minimum Gasteiger partial charge on any atom is -0.444 e. The van der Waals surface area contributed by atoms with Gasteiger partial charge in [-0.1, -0.05) is 26.8 Å². The van der Waals surface area contributed by atoms with Crippen LogP contribution in [0.1, 0.15) is 66.4 Å². The second kappa shape index (κ2) is 16.2. The monoisotopic (exact) mass is 684 g/mol. The Morgan fingerprint density at radius 3 is 2.30 bits per heavy atom. The summed E-state index contributed by atoms with van der Waals surface area (Å²) in [6.45, 7) is 21.2. The number of amides is 2. The maximum atomic E-state index is 13.4. The highest BCUT2D eigenvalue weighted by molar-refractivity contribution is 5.97. The fourth-order valence-electron chi connectivity index (χ4n) is 6.62. The third-order valence-electron chi connectivity index (χ3n) is 9.08. The molecule has 0 unspecified atom stereocenters. The van der Waals surface area contributed by atoms with Gasteiger partial charge in [-0.15, -0.1) is 0 Å². The molecule has 0 spiro atoms. The number of nitrogens with zero attached hydrogens (tertiary/aromatic N) is 4. The van der Waals surface area contributed by atoms with Crippen molar-refractivity contribution in [2.24, 2.45) is 11.3 Å². The van der Waals surface area contributed by atoms with E-state index in [0.717, 1.165) is 79.2 Å². The zero-order chi connectivity index (χ0) is 35.9. The van der Waals surface area contributed by atoms with Gasteiger partial charge in [0.2, 0.25) is 5.91 Å². The topological polar surface area (TPSA) is 124 Å². The van der Waals surface area contributed by atoms with Crippen LogP contribution in [0.5, 0.6) is 0 Å². The molecule has 2 aliphatic heterocycles. The molecule has 5 rings (SSSR count). The highest BCUT2D eigenvalue weighted by Crippen LogP contribution is 2.29. The lowest BCUT2D eigenvalue weighted by atomic mass is 9.87. The van der Waals surface area contributed by atoms with Crippen molar-refractivity contribution < 1.29 is 14.3 Å². The quantitative estimate of drug-likeness (QED) is 0.187. The molecule has 2 saturated heterocycles. The Bertz CT molecular complexity index is 1580. The molecule has 0 saturated carbocycles. The van der Waals surface area contributed by atoms with Crippen LogP contribution in [0, 0.1) is 18.3 Å². The van der Waals surface area contributed by atoms with Crippen LogP contribution < -0.4 is 26.2 Å². The van der Waals surface area contributed by atoms with E-state index in [9.17, 15) is 9.59 Å². The normalized spacial score (nSPS) is 16.8. The Morgan fingerprint density at radius 2 is 1.66 bits per heavy atom. The summed E-state index contributed by atoms with van der Waals surface area (Å²) in [6.07, 6.45) is 6.08. The summed E-state index contributed by atoms with van der Waals surface area (Å²) in [5, 5.41) is 12.6. The number of piperazine rings is 1. The number of benzene rings is 1. The maximum absolute atomic E-state index is 13.4. The smallest absolute Gasteiger partial charge is 0.408 e. The first-order chi connectivity index (χ1) is 23.7. The van der Waals surface area contributed by atoms with E-state index < -0.39 is 17.7 Å². The van der Waals surface area contributed by atoms with Gasteiger partial charge in [0.1, 0.15) is 23.3 Å². The van der Waals surface area contributed by atoms with Gasteiger partial charge in [0.05, 0.1) is 11.9 Å². The van der Waals surface area contributed by atoms with Crippen molar-refractivity contribution in [2.75, 3.05) is 61.3 Å². The minimum atomic E-state index is -0.749. The van der Waals surface area contributed by atoms with Crippen molar-refractivity contribution in [3.63, 3.8) is 0 Å². The van der Waals surface area contributed by atoms with Gasteiger partial charge in [0.15, 0.2) is 0 Å². The van der Waals surface area contributed by atoms with Crippen LogP contribution in [-0.4, -0.2) is 84.3 Å². The van der Waals surface area contributed by atoms with Gasteiger partial charge in [0.25, 0.3) is 0 Å². The van der Waals surface area contributed by atoms with Gasteiger partial charge in [-0.25, -0.2) is 14.8 Å². The fourth-order valence-corrected chi connectivity index (χ4v) is 6.62. The molecule has 0 bridgehead atoms. The highest BCUT2D eigenvalue weighted by Gasteiger charge is 2.29. The number of alkyl carbamates (subject to hydrolysis) is 1. The number of carbonyl (C=O) groups is 2. The summed E-state index contributed by atoms with van der Waals surface area (Å²) in [7, 11) is 0. The van der Waals surface area contributed by atoms with Crippen LogP contribution in [0.3, 0.4) is 0 Å². The lowest BCUT2D eigenvalue weighted by Crippen LogP contribution is -2.48. The average Bonchev–Trinajstić information content (AvgIpc) is 3.04. The Hall–Kier alpha value is -4.22. The van der Waals surface area contributed by atoms with E-state index in [1.54, 1.807) is 27.0 Å². The van der Waals surface area contributed by atoms with Crippen LogP contribution in [-0.2, 0) is 9.53 Å². The number of aromatic nitrogens is 2. The average molecular weight is 685 g/mol. The van der Waals surface area contributed by atoms with Crippen molar-refractivity contribution >= 4 is 35.0 Å². The Kier molecular flexibility index (Phi) is 12.0. The van der Waals surface area contributed by atoms with Gasteiger partial charge in [-0.3, -0.25) is 9.69 Å². The molecule has 50 heavy (non-hydrogen) atoms. The molecule has 4 heterocycles. The third-order valence-corrected chi connectivity index (χ3v) is 9.08. The molecule has 1 atom stereocenters. The van der Waals surface area contributed by atoms with Gasteiger partial charge < -0.3 is 30.9 Å². The zero-order valence-electron chi connectivity index (χ0n) is 30.9. The Morgan fingerprint density at radius 1 is 0.940 bits per heavy atom. The Balaban J connectivity index is 1.17. The van der Waals surface area contributed by atoms with Crippen LogP contribution in [0.2, 0.25) is 0 Å². The number of nitrogens with one attached hydrogen (secondary N) is 4. The summed E-state index contributed by atoms with van der Waals surface area (Å²) < 4.78 is 5.42. The standard InChI is InChI=1S/C39H56N8O3/c1-27-22-30(44-36(48)33(24-38(2,3)4)45-37(49)50-39(5,6)7)8-10-32(27)29-14-17-41-34(23-29)43-31-9-11-35(42-25-31)47-20-18-46(19-21-47)26-28-12-15-40-16-13-28/h8-11,14,17,22-23,25,28,33,40H,12-13,15-16,18-21,24,26H2,1-7H3,(H,41,43)(H,44,48)(H,45,49)/t33-/m1/s1. The molecule has 1 aromatic carbocycles. The summed E-state index contributed by atoms with van der Waals surface area (Å²) in [5.41, 5.74) is 3.71. The van der Waals surface area contributed by atoms with Crippen molar-refractivity contribution in [3.05, 3.63) is 60.4 Å². The van der Waals surface area contributed by atoms with E-state index in [-0.39, 0.29) is 11.3 Å². The van der Waals surface area contributed by atoms with E-state index in [1.807, 2.05) is 64.2 Å². The third kappa shape index (κ3) is 11.1. The summed E-state index contributed by atoms with van der Waals surface area (Å²) in [5.74, 6) is 2.26. The van der Waals surface area contributed by atoms with E-state index in [1.165, 1.54) is 19.4 Å². The highest BCUT2D eigenvalue weighted by atomic mass is 16.6. The number of rotatable bonds is 10. The molecular formula is C39H56N8O3. The van der Waals surface area contributed by atoms with Gasteiger partial charge >= 0.3 is 6.09 Å². The number of pyridine rings is 2. The minimum absolute atomic E-state index is 0.191. The summed E-state index contributed by atoms with van der Waals surface area (Å²) in [6, 6.07) is 13.2. The molecule has 2 amide bonds. The van der Waals surface area contributed by atoms with E-state index in [2.05, 4.69) is 48.2 Å². The molecule has 11 heteroatoms. The molecule has 11 nitrogen and oxygen atoms in total. The first-order valence-corrected chi connectivity index (χ1v) is 18.0. The molecule has 3 aromatic rings. The van der Waals surface area contributed by atoms with Crippen LogP contribution in [0.4, 0.5) is 27.8 Å². The second-order valence-electron chi connectivity index (χ2n) is 15.9. The molecule has 2 fully saturated rings. The number of anilines is 4. The van der Waals surface area contributed by atoms with E-state index >= 15 is 0 Å². The largest absolute Gasteiger partial charge is 0.444 e. The van der Waals surface area contributed by atoms with Gasteiger partial charge in [0, 0.05) is 44.6 Å². The first-order valence-electron chi connectivity index (χ1n) is 18.0. The fraction of sp³-hybridized carbons (Fsp3) is 0.538. The number of hydrogen-bond acceptors (Lipinski definition) is 9. The van der Waals surface area contributed by atoms with Crippen LogP contribution in [0.15, 0.2) is 54.9 Å². The molecule has 270 valence electrons. The van der Waals surface area contributed by atoms with Crippen molar-refractivity contribution in [1.29, 1.82) is 0 Å². The zero-order valence-corrected chi connectivity index (χ0v) is 30.9. The lowest BCUT2D eigenvalue weighted by Gasteiger charge is -2.37.